The molecule has 0 aromatic carbocycles. The number of carboxylic acids is 1. The second-order valence-electron chi connectivity index (χ2n) is 7.12. The molecular formula is C14H26N2O3. The summed E-state index contributed by atoms with van der Waals surface area (Å²) < 4.78 is 0. The third-order valence-electron chi connectivity index (χ3n) is 3.51. The van der Waals surface area contributed by atoms with Crippen molar-refractivity contribution in [2.24, 2.45) is 5.41 Å². The van der Waals surface area contributed by atoms with Gasteiger partial charge in [0.05, 0.1) is 0 Å². The van der Waals surface area contributed by atoms with Gasteiger partial charge in [0, 0.05) is 18.6 Å². The number of rotatable bonds is 2. The molecule has 1 N–H and O–H groups in total. The van der Waals surface area contributed by atoms with E-state index in [1.54, 1.807) is 4.90 Å². The van der Waals surface area contributed by atoms with Crippen LogP contribution >= 0.6 is 0 Å². The molecule has 0 bridgehead atoms. The summed E-state index contributed by atoms with van der Waals surface area (Å²) in [4.78, 5) is 26.7. The lowest BCUT2D eigenvalue weighted by molar-refractivity contribution is -0.138. The summed E-state index contributed by atoms with van der Waals surface area (Å²) >= 11 is 0. The number of piperidine rings is 1. The molecule has 2 amide bonds. The first kappa shape index (κ1) is 15.8. The second-order valence-corrected chi connectivity index (χ2v) is 7.12. The summed E-state index contributed by atoms with van der Waals surface area (Å²) in [5.74, 6) is -0.973. The summed E-state index contributed by atoms with van der Waals surface area (Å²) in [7, 11) is 0. The molecule has 1 heterocycles. The number of amides is 2. The maximum atomic E-state index is 12.6. The minimum absolute atomic E-state index is 0.112. The topological polar surface area (TPSA) is 60.9 Å². The Labute approximate surface area is 115 Å². The molecule has 0 atom stereocenters. The number of nitrogens with zero attached hydrogens (tertiary/aromatic N) is 2. The third-order valence-corrected chi connectivity index (χ3v) is 3.51. The Morgan fingerprint density at radius 2 is 1.89 bits per heavy atom. The van der Waals surface area contributed by atoms with Crippen molar-refractivity contribution in [2.75, 3.05) is 19.6 Å². The summed E-state index contributed by atoms with van der Waals surface area (Å²) in [5.41, 5.74) is -0.377. The van der Waals surface area contributed by atoms with Crippen molar-refractivity contribution in [3.8, 4) is 0 Å². The number of carbonyl (C=O) groups excluding carboxylic acids is 1. The van der Waals surface area contributed by atoms with E-state index in [1.807, 2.05) is 20.8 Å². The Morgan fingerprint density at radius 1 is 1.32 bits per heavy atom. The van der Waals surface area contributed by atoms with E-state index in [0.717, 1.165) is 12.8 Å². The number of urea groups is 1. The van der Waals surface area contributed by atoms with E-state index in [-0.39, 0.29) is 18.0 Å². The minimum Gasteiger partial charge on any atom is -0.480 e. The van der Waals surface area contributed by atoms with E-state index in [2.05, 4.69) is 13.8 Å². The maximum Gasteiger partial charge on any atom is 0.323 e. The molecule has 0 radical (unpaired) electrons. The summed E-state index contributed by atoms with van der Waals surface area (Å²) in [6.07, 6.45) is 2.08. The van der Waals surface area contributed by atoms with E-state index in [0.29, 0.717) is 13.1 Å². The van der Waals surface area contributed by atoms with Gasteiger partial charge in [0.2, 0.25) is 0 Å². The van der Waals surface area contributed by atoms with E-state index in [9.17, 15) is 9.59 Å². The first-order chi connectivity index (χ1) is 8.53. The summed E-state index contributed by atoms with van der Waals surface area (Å²) in [6, 6.07) is -0.164. The van der Waals surface area contributed by atoms with Gasteiger partial charge in [-0.05, 0) is 39.0 Å². The molecular weight excluding hydrogens is 244 g/mol. The predicted molar refractivity (Wildman–Crippen MR) is 74.1 cm³/mol. The van der Waals surface area contributed by atoms with Crippen LogP contribution in [0.5, 0.6) is 0 Å². The highest BCUT2D eigenvalue weighted by atomic mass is 16.4. The van der Waals surface area contributed by atoms with Crippen molar-refractivity contribution in [2.45, 2.75) is 53.0 Å². The third kappa shape index (κ3) is 4.40. The van der Waals surface area contributed by atoms with E-state index >= 15 is 0 Å². The van der Waals surface area contributed by atoms with Crippen molar-refractivity contribution >= 4 is 12.0 Å². The van der Waals surface area contributed by atoms with Gasteiger partial charge in [-0.1, -0.05) is 13.8 Å². The molecule has 110 valence electrons. The fourth-order valence-electron chi connectivity index (χ4n) is 2.48. The molecule has 0 aromatic rings. The molecule has 1 saturated heterocycles. The molecule has 0 spiro atoms. The van der Waals surface area contributed by atoms with Crippen LogP contribution in [0.1, 0.15) is 47.5 Å². The molecule has 1 rings (SSSR count). The van der Waals surface area contributed by atoms with Gasteiger partial charge in [0.1, 0.15) is 6.54 Å². The summed E-state index contributed by atoms with van der Waals surface area (Å²) in [5, 5.41) is 8.98. The average molecular weight is 270 g/mol. The highest BCUT2D eigenvalue weighted by Gasteiger charge is 2.35. The van der Waals surface area contributed by atoms with Crippen LogP contribution in [-0.4, -0.2) is 52.1 Å². The number of carbonyl (C=O) groups is 2. The zero-order chi connectivity index (χ0) is 14.8. The van der Waals surface area contributed by atoms with Crippen molar-refractivity contribution in [1.29, 1.82) is 0 Å². The smallest absolute Gasteiger partial charge is 0.323 e. The SMILES string of the molecule is CC1(C)CCCN(C(=O)N(CC(=O)O)C(C)(C)C)C1. The highest BCUT2D eigenvalue weighted by Crippen LogP contribution is 2.29. The normalized spacial score (nSPS) is 19.1. The lowest BCUT2D eigenvalue weighted by atomic mass is 9.84. The predicted octanol–water partition coefficient (Wildman–Crippen LogP) is 2.41. The number of hydrogen-bond acceptors (Lipinski definition) is 2. The van der Waals surface area contributed by atoms with Crippen LogP contribution < -0.4 is 0 Å². The summed E-state index contributed by atoms with van der Waals surface area (Å²) in [6.45, 7) is 11.0. The number of likely N-dealkylation sites (tertiary alicyclic amines) is 1. The van der Waals surface area contributed by atoms with Crippen LogP contribution in [0.3, 0.4) is 0 Å². The minimum atomic E-state index is -0.973. The maximum absolute atomic E-state index is 12.6. The van der Waals surface area contributed by atoms with Crippen LogP contribution in [0.15, 0.2) is 0 Å². The Morgan fingerprint density at radius 3 is 2.32 bits per heavy atom. The van der Waals surface area contributed by atoms with Gasteiger partial charge in [-0.3, -0.25) is 4.79 Å². The molecule has 5 heteroatoms. The lowest BCUT2D eigenvalue weighted by Crippen LogP contribution is -2.56. The molecule has 19 heavy (non-hydrogen) atoms. The molecule has 0 unspecified atom stereocenters. The fourth-order valence-corrected chi connectivity index (χ4v) is 2.48. The van der Waals surface area contributed by atoms with Crippen LogP contribution in [0, 0.1) is 5.41 Å². The molecule has 1 aliphatic rings. The van der Waals surface area contributed by atoms with Gasteiger partial charge in [-0.25, -0.2) is 4.79 Å². The molecule has 0 aliphatic carbocycles. The molecule has 0 saturated carbocycles. The molecule has 0 aromatic heterocycles. The van der Waals surface area contributed by atoms with E-state index in [1.165, 1.54) is 4.90 Å². The van der Waals surface area contributed by atoms with Gasteiger partial charge in [0.25, 0.3) is 0 Å². The number of hydrogen-bond donors (Lipinski definition) is 1. The van der Waals surface area contributed by atoms with Crippen LogP contribution in [0.25, 0.3) is 0 Å². The standard InChI is InChI=1S/C14H26N2O3/c1-13(2,3)16(9-11(17)18)12(19)15-8-6-7-14(4,5)10-15/h6-10H2,1-5H3,(H,17,18). The Kier molecular flexibility index (Phi) is 4.48. The Balaban J connectivity index is 2.84. The first-order valence-corrected chi connectivity index (χ1v) is 6.81. The lowest BCUT2D eigenvalue weighted by Gasteiger charge is -2.43. The van der Waals surface area contributed by atoms with E-state index < -0.39 is 11.5 Å². The van der Waals surface area contributed by atoms with Crippen molar-refractivity contribution in [3.05, 3.63) is 0 Å². The molecule has 1 aliphatic heterocycles. The average Bonchev–Trinajstić information content (AvgIpc) is 2.21. The van der Waals surface area contributed by atoms with Gasteiger partial charge in [0.15, 0.2) is 0 Å². The van der Waals surface area contributed by atoms with Gasteiger partial charge in [-0.15, -0.1) is 0 Å². The number of carboxylic acid groups (broad SMARTS) is 1. The zero-order valence-corrected chi connectivity index (χ0v) is 12.7. The Hall–Kier alpha value is -1.26. The molecule has 5 nitrogen and oxygen atoms in total. The van der Waals surface area contributed by atoms with Gasteiger partial charge >= 0.3 is 12.0 Å². The quantitative estimate of drug-likeness (QED) is 0.838. The van der Waals surface area contributed by atoms with E-state index in [4.69, 9.17) is 5.11 Å². The molecule has 1 fully saturated rings. The van der Waals surface area contributed by atoms with Crippen molar-refractivity contribution < 1.29 is 14.7 Å². The van der Waals surface area contributed by atoms with Crippen molar-refractivity contribution in [1.82, 2.24) is 9.80 Å². The monoisotopic (exact) mass is 270 g/mol. The van der Waals surface area contributed by atoms with Crippen LogP contribution in [0.4, 0.5) is 4.79 Å². The second kappa shape index (κ2) is 5.39. The zero-order valence-electron chi connectivity index (χ0n) is 12.7. The van der Waals surface area contributed by atoms with Gasteiger partial charge < -0.3 is 14.9 Å². The van der Waals surface area contributed by atoms with Crippen molar-refractivity contribution in [3.63, 3.8) is 0 Å². The first-order valence-electron chi connectivity index (χ1n) is 6.81. The fraction of sp³-hybridized carbons (Fsp3) is 0.857. The number of aliphatic carboxylic acids is 1. The van der Waals surface area contributed by atoms with Crippen LogP contribution in [0.2, 0.25) is 0 Å². The Bertz CT molecular complexity index is 358. The largest absolute Gasteiger partial charge is 0.480 e. The highest BCUT2D eigenvalue weighted by molar-refractivity contribution is 5.81. The van der Waals surface area contributed by atoms with Crippen LogP contribution in [-0.2, 0) is 4.79 Å². The van der Waals surface area contributed by atoms with Gasteiger partial charge in [-0.2, -0.15) is 0 Å².